The second kappa shape index (κ2) is 5.11. The van der Waals surface area contributed by atoms with Crippen LogP contribution in [-0.2, 0) is 16.0 Å². The molecule has 1 heterocycles. The van der Waals surface area contributed by atoms with Crippen LogP contribution in [0.5, 0.6) is 0 Å². The van der Waals surface area contributed by atoms with Gasteiger partial charge in [0.15, 0.2) is 0 Å². The largest absolute Gasteiger partial charge is 0.361 e. The van der Waals surface area contributed by atoms with Gasteiger partial charge in [-0.2, -0.15) is 0 Å². The maximum Gasteiger partial charge on any atom is 0.309 e. The third kappa shape index (κ3) is 3.47. The number of carbonyl (C=O) groups excluding carboxylic acids is 2. The molecule has 6 heteroatoms. The number of carbonyl (C=O) groups is 2. The number of primary amides is 1. The van der Waals surface area contributed by atoms with Gasteiger partial charge in [-0.3, -0.25) is 9.59 Å². The van der Waals surface area contributed by atoms with Crippen molar-refractivity contribution in [2.24, 2.45) is 5.73 Å². The molecule has 3 N–H and O–H groups in total. The molecule has 0 fully saturated rings. The van der Waals surface area contributed by atoms with E-state index in [1.807, 2.05) is 11.4 Å². The molecule has 1 aromatic rings. The second-order valence-corrected chi connectivity index (χ2v) is 4.51. The lowest BCUT2D eigenvalue weighted by molar-refractivity contribution is -0.137. The molecule has 1 rings (SSSR count). The molecule has 14 heavy (non-hydrogen) atoms. The van der Waals surface area contributed by atoms with Crippen molar-refractivity contribution in [1.29, 1.82) is 0 Å². The van der Waals surface area contributed by atoms with Gasteiger partial charge in [-0.15, -0.1) is 11.3 Å². The Morgan fingerprint density at radius 3 is 2.79 bits per heavy atom. The SMILES string of the molecule is NC(=O)C(=O)NCCc1cc(Br)cs1. The van der Waals surface area contributed by atoms with Gasteiger partial charge in [-0.1, -0.05) is 0 Å². The van der Waals surface area contributed by atoms with Gasteiger partial charge in [0.1, 0.15) is 0 Å². The van der Waals surface area contributed by atoms with Gasteiger partial charge >= 0.3 is 11.8 Å². The van der Waals surface area contributed by atoms with Crippen LogP contribution in [0.25, 0.3) is 0 Å². The summed E-state index contributed by atoms with van der Waals surface area (Å²) in [5.41, 5.74) is 4.76. The van der Waals surface area contributed by atoms with E-state index in [9.17, 15) is 9.59 Å². The van der Waals surface area contributed by atoms with Gasteiger partial charge in [0.05, 0.1) is 0 Å². The zero-order valence-corrected chi connectivity index (χ0v) is 9.65. The zero-order valence-electron chi connectivity index (χ0n) is 7.25. The Kier molecular flexibility index (Phi) is 4.09. The van der Waals surface area contributed by atoms with Crippen molar-refractivity contribution < 1.29 is 9.59 Å². The maximum atomic E-state index is 10.7. The number of amides is 2. The van der Waals surface area contributed by atoms with Crippen molar-refractivity contribution in [2.45, 2.75) is 6.42 Å². The smallest absolute Gasteiger partial charge is 0.309 e. The molecule has 0 saturated carbocycles. The van der Waals surface area contributed by atoms with E-state index in [0.717, 1.165) is 9.35 Å². The monoisotopic (exact) mass is 276 g/mol. The molecule has 1 aromatic heterocycles. The van der Waals surface area contributed by atoms with Gasteiger partial charge in [0.25, 0.3) is 0 Å². The molecule has 0 aliphatic heterocycles. The summed E-state index contributed by atoms with van der Waals surface area (Å²) in [7, 11) is 0. The Morgan fingerprint density at radius 1 is 1.57 bits per heavy atom. The molecule has 4 nitrogen and oxygen atoms in total. The Morgan fingerprint density at radius 2 is 2.29 bits per heavy atom. The van der Waals surface area contributed by atoms with Crippen LogP contribution in [0.4, 0.5) is 0 Å². The van der Waals surface area contributed by atoms with E-state index in [0.29, 0.717) is 13.0 Å². The average molecular weight is 277 g/mol. The standard InChI is InChI=1S/C8H9BrN2O2S/c9-5-3-6(14-4-5)1-2-11-8(13)7(10)12/h3-4H,1-2H2,(H2,10,12)(H,11,13). The first kappa shape index (κ1) is 11.2. The number of hydrogen-bond acceptors (Lipinski definition) is 3. The summed E-state index contributed by atoms with van der Waals surface area (Å²) < 4.78 is 1.03. The van der Waals surface area contributed by atoms with Crippen molar-refractivity contribution in [2.75, 3.05) is 6.54 Å². The molecule has 76 valence electrons. The van der Waals surface area contributed by atoms with Crippen molar-refractivity contribution >= 4 is 39.1 Å². The third-order valence-electron chi connectivity index (χ3n) is 1.50. The second-order valence-electron chi connectivity index (χ2n) is 2.60. The van der Waals surface area contributed by atoms with Crippen LogP contribution in [0.3, 0.4) is 0 Å². The molecule has 0 aromatic carbocycles. The first-order chi connectivity index (χ1) is 6.59. The van der Waals surface area contributed by atoms with E-state index in [1.54, 1.807) is 11.3 Å². The van der Waals surface area contributed by atoms with Crippen LogP contribution in [0.2, 0.25) is 0 Å². The fraction of sp³-hybridized carbons (Fsp3) is 0.250. The van der Waals surface area contributed by atoms with Gasteiger partial charge in [0, 0.05) is 21.3 Å². The average Bonchev–Trinajstić information content (AvgIpc) is 2.51. The number of nitrogens with one attached hydrogen (secondary N) is 1. The zero-order chi connectivity index (χ0) is 10.6. The lowest BCUT2D eigenvalue weighted by Crippen LogP contribution is -2.36. The van der Waals surface area contributed by atoms with Gasteiger partial charge < -0.3 is 11.1 Å². The molecule has 0 aliphatic carbocycles. The van der Waals surface area contributed by atoms with E-state index < -0.39 is 11.8 Å². The van der Waals surface area contributed by atoms with Crippen LogP contribution in [0, 0.1) is 0 Å². The topological polar surface area (TPSA) is 72.2 Å². The van der Waals surface area contributed by atoms with Crippen molar-refractivity contribution in [3.8, 4) is 0 Å². The Balaban J connectivity index is 2.29. The van der Waals surface area contributed by atoms with E-state index in [2.05, 4.69) is 21.2 Å². The van der Waals surface area contributed by atoms with E-state index in [4.69, 9.17) is 5.73 Å². The van der Waals surface area contributed by atoms with E-state index >= 15 is 0 Å². The first-order valence-corrected chi connectivity index (χ1v) is 5.57. The molecular weight excluding hydrogens is 268 g/mol. The lowest BCUT2D eigenvalue weighted by Gasteiger charge is -1.99. The summed E-state index contributed by atoms with van der Waals surface area (Å²) in [5, 5.41) is 4.38. The van der Waals surface area contributed by atoms with Crippen LogP contribution in [-0.4, -0.2) is 18.4 Å². The lowest BCUT2D eigenvalue weighted by atomic mass is 10.3. The Hall–Kier alpha value is -0.880. The minimum Gasteiger partial charge on any atom is -0.361 e. The van der Waals surface area contributed by atoms with E-state index in [-0.39, 0.29) is 0 Å². The molecule has 0 unspecified atom stereocenters. The summed E-state index contributed by atoms with van der Waals surface area (Å²) in [6, 6.07) is 1.97. The van der Waals surface area contributed by atoms with Crippen molar-refractivity contribution in [3.05, 3.63) is 20.8 Å². The van der Waals surface area contributed by atoms with Crippen molar-refractivity contribution in [1.82, 2.24) is 5.32 Å². The number of halogens is 1. The van der Waals surface area contributed by atoms with Crippen LogP contribution < -0.4 is 11.1 Å². The summed E-state index contributed by atoms with van der Waals surface area (Å²) in [6.07, 6.45) is 0.704. The highest BCUT2D eigenvalue weighted by atomic mass is 79.9. The molecule has 0 saturated heterocycles. The predicted octanol–water partition coefficient (Wildman–Crippen LogP) is 0.655. The van der Waals surface area contributed by atoms with Gasteiger partial charge in [-0.05, 0) is 28.4 Å². The van der Waals surface area contributed by atoms with Gasteiger partial charge in [0.2, 0.25) is 0 Å². The Labute approximate surface area is 93.6 Å². The predicted molar refractivity (Wildman–Crippen MR) is 57.9 cm³/mol. The minimum atomic E-state index is -0.947. The quantitative estimate of drug-likeness (QED) is 0.796. The molecule has 0 radical (unpaired) electrons. The number of nitrogens with two attached hydrogens (primary N) is 1. The van der Waals surface area contributed by atoms with Crippen LogP contribution in [0.1, 0.15) is 4.88 Å². The maximum absolute atomic E-state index is 10.7. The molecule has 0 atom stereocenters. The molecule has 0 spiro atoms. The van der Waals surface area contributed by atoms with Crippen LogP contribution >= 0.6 is 27.3 Å². The fourth-order valence-electron chi connectivity index (χ4n) is 0.871. The molecule has 0 aliphatic rings. The van der Waals surface area contributed by atoms with Crippen molar-refractivity contribution in [3.63, 3.8) is 0 Å². The molecule has 0 bridgehead atoms. The van der Waals surface area contributed by atoms with Crippen LogP contribution in [0.15, 0.2) is 15.9 Å². The summed E-state index contributed by atoms with van der Waals surface area (Å²) in [6.45, 7) is 0.425. The highest BCUT2D eigenvalue weighted by molar-refractivity contribution is 9.10. The highest BCUT2D eigenvalue weighted by Gasteiger charge is 2.06. The summed E-state index contributed by atoms with van der Waals surface area (Å²) in [5.74, 6) is -1.68. The number of hydrogen-bond donors (Lipinski definition) is 2. The van der Waals surface area contributed by atoms with E-state index in [1.165, 1.54) is 0 Å². The third-order valence-corrected chi connectivity index (χ3v) is 3.26. The summed E-state index contributed by atoms with van der Waals surface area (Å²) in [4.78, 5) is 22.2. The number of rotatable bonds is 3. The summed E-state index contributed by atoms with van der Waals surface area (Å²) >= 11 is 4.92. The fourth-order valence-corrected chi connectivity index (χ4v) is 2.33. The minimum absolute atomic E-state index is 0.425. The Bertz CT molecular complexity index is 351. The molecule has 2 amide bonds. The normalized spacial score (nSPS) is 9.79. The first-order valence-electron chi connectivity index (χ1n) is 3.90. The number of thiophene rings is 1. The van der Waals surface area contributed by atoms with Gasteiger partial charge in [-0.25, -0.2) is 0 Å². The highest BCUT2D eigenvalue weighted by Crippen LogP contribution is 2.19. The molecular formula is C8H9BrN2O2S.